The van der Waals surface area contributed by atoms with Gasteiger partial charge < -0.3 is 15.5 Å². The predicted octanol–water partition coefficient (Wildman–Crippen LogP) is 2.78. The largest absolute Gasteiger partial charge is 0.416 e. The second kappa shape index (κ2) is 13.5. The number of carbonyl (C=O) groups is 1. The van der Waals surface area contributed by atoms with E-state index in [9.17, 15) is 18.0 Å². The standard InChI is InChI=1S/C22H30F3N5O.HI/c1-4-26-21(28-19-10-13-30(14-11-19)16-20(31)29(2)3)27-12-6-8-17-7-5-9-18(15-17)22(23,24)25;/h5,7,9,15,19H,4,10-14,16H2,1-3H3,(H2,26,27,28);1H. The van der Waals surface area contributed by atoms with E-state index in [1.165, 1.54) is 6.07 Å². The first-order chi connectivity index (χ1) is 14.7. The lowest BCUT2D eigenvalue weighted by atomic mass is 10.1. The van der Waals surface area contributed by atoms with E-state index in [2.05, 4.69) is 32.4 Å². The van der Waals surface area contributed by atoms with Crippen LogP contribution in [0.4, 0.5) is 13.2 Å². The third kappa shape index (κ3) is 9.65. The summed E-state index contributed by atoms with van der Waals surface area (Å²) in [7, 11) is 3.51. The summed E-state index contributed by atoms with van der Waals surface area (Å²) >= 11 is 0. The van der Waals surface area contributed by atoms with Crippen molar-refractivity contribution in [2.45, 2.75) is 32.0 Å². The van der Waals surface area contributed by atoms with Gasteiger partial charge in [-0.2, -0.15) is 13.2 Å². The number of carbonyl (C=O) groups excluding carboxylic acids is 1. The van der Waals surface area contributed by atoms with Crippen molar-refractivity contribution < 1.29 is 18.0 Å². The molecule has 6 nitrogen and oxygen atoms in total. The molecule has 1 fully saturated rings. The zero-order chi connectivity index (χ0) is 22.9. The second-order valence-corrected chi connectivity index (χ2v) is 7.56. The van der Waals surface area contributed by atoms with Gasteiger partial charge in [0.2, 0.25) is 5.91 Å². The summed E-state index contributed by atoms with van der Waals surface area (Å²) in [6.45, 7) is 4.89. The number of likely N-dealkylation sites (tertiary alicyclic amines) is 1. The number of likely N-dealkylation sites (N-methyl/N-ethyl adjacent to an activating group) is 1. The summed E-state index contributed by atoms with van der Waals surface area (Å²) in [6, 6.07) is 5.19. The SMILES string of the molecule is CCNC(=NCC#Cc1cccc(C(F)(F)F)c1)NC1CCN(CC(=O)N(C)C)CC1.I. The molecular weight excluding hydrogens is 534 g/mol. The fourth-order valence-corrected chi connectivity index (χ4v) is 3.11. The summed E-state index contributed by atoms with van der Waals surface area (Å²) in [5.74, 6) is 6.27. The number of halogens is 4. The average Bonchev–Trinajstić information content (AvgIpc) is 2.72. The number of amides is 1. The molecule has 1 saturated heterocycles. The Kier molecular flexibility index (Phi) is 11.8. The molecule has 1 aliphatic rings. The van der Waals surface area contributed by atoms with Crippen molar-refractivity contribution in [3.63, 3.8) is 0 Å². The quantitative estimate of drug-likeness (QED) is 0.250. The number of rotatable bonds is 5. The zero-order valence-electron chi connectivity index (χ0n) is 18.6. The van der Waals surface area contributed by atoms with Gasteiger partial charge in [0.1, 0.15) is 6.54 Å². The maximum absolute atomic E-state index is 12.8. The number of alkyl halides is 3. The third-order valence-electron chi connectivity index (χ3n) is 4.87. The lowest BCUT2D eigenvalue weighted by Gasteiger charge is -2.33. The highest BCUT2D eigenvalue weighted by Gasteiger charge is 2.30. The highest BCUT2D eigenvalue weighted by Crippen LogP contribution is 2.29. The molecule has 0 radical (unpaired) electrons. The Morgan fingerprint density at radius 3 is 2.56 bits per heavy atom. The molecule has 0 aliphatic carbocycles. The van der Waals surface area contributed by atoms with Crippen LogP contribution in [0.25, 0.3) is 0 Å². The molecule has 0 bridgehead atoms. The van der Waals surface area contributed by atoms with E-state index < -0.39 is 11.7 Å². The minimum absolute atomic E-state index is 0. The minimum Gasteiger partial charge on any atom is -0.357 e. The number of nitrogens with one attached hydrogen (secondary N) is 2. The number of hydrogen-bond donors (Lipinski definition) is 2. The fraction of sp³-hybridized carbons (Fsp3) is 0.545. The van der Waals surface area contributed by atoms with Gasteiger partial charge in [0.05, 0.1) is 12.1 Å². The van der Waals surface area contributed by atoms with Crippen LogP contribution in [0, 0.1) is 11.8 Å². The second-order valence-electron chi connectivity index (χ2n) is 7.56. The predicted molar refractivity (Wildman–Crippen MR) is 131 cm³/mol. The lowest BCUT2D eigenvalue weighted by molar-refractivity contribution is -0.137. The van der Waals surface area contributed by atoms with Crippen LogP contribution in [-0.2, 0) is 11.0 Å². The molecule has 1 aromatic carbocycles. The van der Waals surface area contributed by atoms with Crippen LogP contribution < -0.4 is 10.6 Å². The number of aliphatic imine (C=N–C) groups is 1. The van der Waals surface area contributed by atoms with Gasteiger partial charge in [0, 0.05) is 45.3 Å². The van der Waals surface area contributed by atoms with Gasteiger partial charge in [0.25, 0.3) is 0 Å². The first kappa shape index (κ1) is 28.0. The normalized spacial score (nSPS) is 15.2. The smallest absolute Gasteiger partial charge is 0.357 e. The summed E-state index contributed by atoms with van der Waals surface area (Å²) in [4.78, 5) is 20.0. The van der Waals surface area contributed by atoms with Crippen LogP contribution in [-0.4, -0.2) is 74.5 Å². The van der Waals surface area contributed by atoms with Gasteiger partial charge in [0.15, 0.2) is 5.96 Å². The molecule has 0 saturated carbocycles. The van der Waals surface area contributed by atoms with Gasteiger partial charge in [-0.1, -0.05) is 17.9 Å². The average molecular weight is 565 g/mol. The molecule has 1 aliphatic heterocycles. The van der Waals surface area contributed by atoms with Crippen molar-refractivity contribution in [2.75, 3.05) is 46.8 Å². The van der Waals surface area contributed by atoms with Crippen LogP contribution >= 0.6 is 24.0 Å². The van der Waals surface area contributed by atoms with Crippen molar-refractivity contribution in [3.8, 4) is 11.8 Å². The minimum atomic E-state index is -4.38. The highest BCUT2D eigenvalue weighted by molar-refractivity contribution is 14.0. The molecular formula is C22H31F3IN5O. The summed E-state index contributed by atoms with van der Waals surface area (Å²) < 4.78 is 38.3. The molecule has 0 spiro atoms. The van der Waals surface area contributed by atoms with E-state index >= 15 is 0 Å². The summed E-state index contributed by atoms with van der Waals surface area (Å²) in [6.07, 6.45) is -2.60. The van der Waals surface area contributed by atoms with Crippen molar-refractivity contribution >= 4 is 35.8 Å². The van der Waals surface area contributed by atoms with Gasteiger partial charge in [-0.3, -0.25) is 9.69 Å². The Hall–Kier alpha value is -2.00. The Balaban J connectivity index is 0.00000512. The third-order valence-corrected chi connectivity index (χ3v) is 4.87. The van der Waals surface area contributed by atoms with Crippen molar-refractivity contribution in [1.82, 2.24) is 20.4 Å². The maximum Gasteiger partial charge on any atom is 0.416 e. The summed E-state index contributed by atoms with van der Waals surface area (Å²) in [5, 5.41) is 6.55. The molecule has 10 heteroatoms. The van der Waals surface area contributed by atoms with Crippen LogP contribution in [0.15, 0.2) is 29.3 Å². The Bertz CT molecular complexity index is 825. The first-order valence-electron chi connectivity index (χ1n) is 10.3. The molecule has 1 amide bonds. The van der Waals surface area contributed by atoms with Gasteiger partial charge in [-0.15, -0.1) is 24.0 Å². The number of nitrogens with zero attached hydrogens (tertiary/aromatic N) is 3. The maximum atomic E-state index is 12.8. The van der Waals surface area contributed by atoms with Crippen molar-refractivity contribution in [3.05, 3.63) is 35.4 Å². The Morgan fingerprint density at radius 1 is 1.28 bits per heavy atom. The molecule has 0 aromatic heterocycles. The first-order valence-corrected chi connectivity index (χ1v) is 10.3. The number of guanidine groups is 1. The van der Waals surface area contributed by atoms with Crippen LogP contribution in [0.2, 0.25) is 0 Å². The van der Waals surface area contributed by atoms with Crippen molar-refractivity contribution in [2.24, 2.45) is 4.99 Å². The van der Waals surface area contributed by atoms with E-state index in [0.717, 1.165) is 38.1 Å². The van der Waals surface area contributed by atoms with Crippen LogP contribution in [0.3, 0.4) is 0 Å². The fourth-order valence-electron chi connectivity index (χ4n) is 3.11. The van der Waals surface area contributed by atoms with E-state index in [1.807, 2.05) is 6.92 Å². The lowest BCUT2D eigenvalue weighted by Crippen LogP contribution is -2.50. The van der Waals surface area contributed by atoms with E-state index in [4.69, 9.17) is 0 Å². The monoisotopic (exact) mass is 565 g/mol. The molecule has 1 heterocycles. The van der Waals surface area contributed by atoms with Gasteiger partial charge in [-0.25, -0.2) is 4.99 Å². The highest BCUT2D eigenvalue weighted by atomic mass is 127. The van der Waals surface area contributed by atoms with E-state index in [1.54, 1.807) is 25.1 Å². The molecule has 2 N–H and O–H groups in total. The Morgan fingerprint density at radius 2 is 1.97 bits per heavy atom. The van der Waals surface area contributed by atoms with Crippen LogP contribution in [0.5, 0.6) is 0 Å². The molecule has 178 valence electrons. The topological polar surface area (TPSA) is 60.0 Å². The molecule has 0 unspecified atom stereocenters. The van der Waals surface area contributed by atoms with E-state index in [0.29, 0.717) is 24.6 Å². The van der Waals surface area contributed by atoms with Gasteiger partial charge >= 0.3 is 6.18 Å². The van der Waals surface area contributed by atoms with Crippen LogP contribution in [0.1, 0.15) is 30.9 Å². The Labute approximate surface area is 205 Å². The molecule has 1 aromatic rings. The van der Waals surface area contributed by atoms with Crippen molar-refractivity contribution in [1.29, 1.82) is 0 Å². The number of hydrogen-bond acceptors (Lipinski definition) is 3. The summed E-state index contributed by atoms with van der Waals surface area (Å²) in [5.41, 5.74) is -0.404. The molecule has 2 rings (SSSR count). The van der Waals surface area contributed by atoms with E-state index in [-0.39, 0.29) is 42.5 Å². The molecule has 32 heavy (non-hydrogen) atoms. The number of benzene rings is 1. The molecule has 0 atom stereocenters. The van der Waals surface area contributed by atoms with Gasteiger partial charge in [-0.05, 0) is 38.0 Å². The zero-order valence-corrected chi connectivity index (χ0v) is 21.0. The number of piperidine rings is 1.